The van der Waals surface area contributed by atoms with E-state index in [0.29, 0.717) is 17.9 Å². The van der Waals surface area contributed by atoms with Gasteiger partial charge in [0, 0.05) is 18.5 Å². The third-order valence-corrected chi connectivity index (χ3v) is 2.68. The zero-order valence-corrected chi connectivity index (χ0v) is 10.1. The Hall–Kier alpha value is -2.01. The van der Waals surface area contributed by atoms with Crippen LogP contribution in [0.2, 0.25) is 0 Å². The van der Waals surface area contributed by atoms with Gasteiger partial charge in [0.2, 0.25) is 0 Å². The molecule has 2 aromatic rings. The molecule has 4 nitrogen and oxygen atoms in total. The van der Waals surface area contributed by atoms with E-state index in [9.17, 15) is 4.39 Å². The Bertz CT molecular complexity index is 546. The van der Waals surface area contributed by atoms with Gasteiger partial charge in [-0.3, -0.25) is 0 Å². The van der Waals surface area contributed by atoms with Crippen molar-refractivity contribution >= 4 is 0 Å². The SMILES string of the molecule is COc1ccccc1Cc1ncnc(CN)c1F. The summed E-state index contributed by atoms with van der Waals surface area (Å²) in [7, 11) is 1.58. The molecular weight excluding hydrogens is 233 g/mol. The number of rotatable bonds is 4. The minimum absolute atomic E-state index is 0.0628. The summed E-state index contributed by atoms with van der Waals surface area (Å²) in [6.07, 6.45) is 1.68. The molecule has 0 bridgehead atoms. The highest BCUT2D eigenvalue weighted by atomic mass is 19.1. The number of hydrogen-bond acceptors (Lipinski definition) is 4. The maximum Gasteiger partial charge on any atom is 0.167 e. The Morgan fingerprint density at radius 2 is 1.94 bits per heavy atom. The van der Waals surface area contributed by atoms with Gasteiger partial charge in [-0.2, -0.15) is 0 Å². The topological polar surface area (TPSA) is 61.0 Å². The van der Waals surface area contributed by atoms with E-state index in [1.165, 1.54) is 6.33 Å². The third kappa shape index (κ3) is 2.46. The molecule has 0 saturated heterocycles. The Balaban J connectivity index is 2.34. The zero-order valence-electron chi connectivity index (χ0n) is 10.1. The fourth-order valence-electron chi connectivity index (χ4n) is 1.74. The largest absolute Gasteiger partial charge is 0.496 e. The summed E-state index contributed by atoms with van der Waals surface area (Å²) in [5.41, 5.74) is 6.85. The van der Waals surface area contributed by atoms with Crippen molar-refractivity contribution in [2.75, 3.05) is 7.11 Å². The van der Waals surface area contributed by atoms with E-state index < -0.39 is 5.82 Å². The van der Waals surface area contributed by atoms with Gasteiger partial charge in [0.25, 0.3) is 0 Å². The first-order valence-corrected chi connectivity index (χ1v) is 5.56. The van der Waals surface area contributed by atoms with Crippen molar-refractivity contribution < 1.29 is 9.13 Å². The molecule has 0 radical (unpaired) electrons. The first-order chi connectivity index (χ1) is 8.76. The van der Waals surface area contributed by atoms with Crippen LogP contribution in [0.4, 0.5) is 4.39 Å². The van der Waals surface area contributed by atoms with Gasteiger partial charge in [0.05, 0.1) is 18.5 Å². The van der Waals surface area contributed by atoms with E-state index in [1.54, 1.807) is 7.11 Å². The maximum absolute atomic E-state index is 13.9. The monoisotopic (exact) mass is 247 g/mol. The molecule has 0 amide bonds. The summed E-state index contributed by atoms with van der Waals surface area (Å²) in [6.45, 7) is 0.0628. The first-order valence-electron chi connectivity index (χ1n) is 5.56. The summed E-state index contributed by atoms with van der Waals surface area (Å²) < 4.78 is 19.2. The van der Waals surface area contributed by atoms with Gasteiger partial charge >= 0.3 is 0 Å². The fourth-order valence-corrected chi connectivity index (χ4v) is 1.74. The van der Waals surface area contributed by atoms with Crippen molar-refractivity contribution in [1.29, 1.82) is 0 Å². The number of nitrogens with two attached hydrogens (primary N) is 1. The predicted molar refractivity (Wildman–Crippen MR) is 65.7 cm³/mol. The Morgan fingerprint density at radius 3 is 2.67 bits per heavy atom. The Morgan fingerprint density at radius 1 is 1.22 bits per heavy atom. The van der Waals surface area contributed by atoms with E-state index >= 15 is 0 Å². The van der Waals surface area contributed by atoms with Crippen molar-refractivity contribution in [2.24, 2.45) is 5.73 Å². The fraction of sp³-hybridized carbons (Fsp3) is 0.231. The lowest BCUT2D eigenvalue weighted by atomic mass is 10.1. The second-order valence-electron chi connectivity index (χ2n) is 3.77. The van der Waals surface area contributed by atoms with Gasteiger partial charge in [0.15, 0.2) is 5.82 Å². The summed E-state index contributed by atoms with van der Waals surface area (Å²) in [5, 5.41) is 0. The molecule has 1 aromatic carbocycles. The summed E-state index contributed by atoms with van der Waals surface area (Å²) in [4.78, 5) is 7.76. The van der Waals surface area contributed by atoms with Crippen LogP contribution >= 0.6 is 0 Å². The van der Waals surface area contributed by atoms with Crippen LogP contribution in [0.1, 0.15) is 17.0 Å². The standard InChI is InChI=1S/C13H14FN3O/c1-18-12-5-3-2-4-9(12)6-10-13(14)11(7-15)17-8-16-10/h2-5,8H,6-7,15H2,1H3. The molecule has 5 heteroatoms. The molecule has 0 saturated carbocycles. The number of nitrogens with zero attached hydrogens (tertiary/aromatic N) is 2. The summed E-state index contributed by atoms with van der Waals surface area (Å²) in [6, 6.07) is 7.45. The highest BCUT2D eigenvalue weighted by Crippen LogP contribution is 2.21. The molecule has 0 atom stereocenters. The minimum atomic E-state index is -0.439. The maximum atomic E-state index is 13.9. The van der Waals surface area contributed by atoms with Crippen LogP contribution in [-0.4, -0.2) is 17.1 Å². The van der Waals surface area contributed by atoms with Crippen LogP contribution < -0.4 is 10.5 Å². The molecule has 94 valence electrons. The molecule has 0 aliphatic rings. The van der Waals surface area contributed by atoms with Crippen molar-refractivity contribution in [1.82, 2.24) is 9.97 Å². The molecule has 18 heavy (non-hydrogen) atoms. The van der Waals surface area contributed by atoms with Crippen LogP contribution in [0.5, 0.6) is 5.75 Å². The van der Waals surface area contributed by atoms with Gasteiger partial charge in [-0.1, -0.05) is 18.2 Å². The van der Waals surface area contributed by atoms with Gasteiger partial charge < -0.3 is 10.5 Å². The lowest BCUT2D eigenvalue weighted by Gasteiger charge is -2.09. The number of halogens is 1. The highest BCUT2D eigenvalue weighted by Gasteiger charge is 2.12. The number of para-hydroxylation sites is 1. The number of ether oxygens (including phenoxy) is 1. The lowest BCUT2D eigenvalue weighted by molar-refractivity contribution is 0.410. The summed E-state index contributed by atoms with van der Waals surface area (Å²) >= 11 is 0. The number of methoxy groups -OCH3 is 1. The first kappa shape index (κ1) is 12.4. The zero-order chi connectivity index (χ0) is 13.0. The molecule has 0 aliphatic carbocycles. The van der Waals surface area contributed by atoms with Gasteiger partial charge in [-0.15, -0.1) is 0 Å². The molecule has 2 rings (SSSR count). The Kier molecular flexibility index (Phi) is 3.84. The number of aromatic nitrogens is 2. The molecule has 1 heterocycles. The van der Waals surface area contributed by atoms with E-state index in [0.717, 1.165) is 5.56 Å². The molecule has 1 aromatic heterocycles. The van der Waals surface area contributed by atoms with E-state index in [-0.39, 0.29) is 12.2 Å². The smallest absolute Gasteiger partial charge is 0.167 e. The molecule has 0 unspecified atom stereocenters. The third-order valence-electron chi connectivity index (χ3n) is 2.68. The van der Waals surface area contributed by atoms with Crippen LogP contribution in [0, 0.1) is 5.82 Å². The van der Waals surface area contributed by atoms with Crippen molar-refractivity contribution in [2.45, 2.75) is 13.0 Å². The van der Waals surface area contributed by atoms with E-state index in [2.05, 4.69) is 9.97 Å². The Labute approximate surface area is 105 Å². The quantitative estimate of drug-likeness (QED) is 0.892. The average Bonchev–Trinajstić information content (AvgIpc) is 2.42. The van der Waals surface area contributed by atoms with Crippen LogP contribution in [0.3, 0.4) is 0 Å². The number of hydrogen-bond donors (Lipinski definition) is 1. The second kappa shape index (κ2) is 5.55. The van der Waals surface area contributed by atoms with Crippen LogP contribution in [0.25, 0.3) is 0 Å². The molecular formula is C13H14FN3O. The molecule has 2 N–H and O–H groups in total. The molecule has 0 aliphatic heterocycles. The minimum Gasteiger partial charge on any atom is -0.496 e. The van der Waals surface area contributed by atoms with Gasteiger partial charge in [0.1, 0.15) is 12.1 Å². The van der Waals surface area contributed by atoms with Gasteiger partial charge in [-0.05, 0) is 6.07 Å². The second-order valence-corrected chi connectivity index (χ2v) is 3.77. The predicted octanol–water partition coefficient (Wildman–Crippen LogP) is 1.67. The van der Waals surface area contributed by atoms with Crippen molar-refractivity contribution in [3.8, 4) is 5.75 Å². The lowest BCUT2D eigenvalue weighted by Crippen LogP contribution is -2.08. The van der Waals surface area contributed by atoms with Crippen LogP contribution in [-0.2, 0) is 13.0 Å². The molecule has 0 spiro atoms. The van der Waals surface area contributed by atoms with E-state index in [4.69, 9.17) is 10.5 Å². The normalized spacial score (nSPS) is 10.4. The van der Waals surface area contributed by atoms with Gasteiger partial charge in [-0.25, -0.2) is 14.4 Å². The number of benzene rings is 1. The van der Waals surface area contributed by atoms with Crippen LogP contribution in [0.15, 0.2) is 30.6 Å². The highest BCUT2D eigenvalue weighted by molar-refractivity contribution is 5.36. The van der Waals surface area contributed by atoms with Crippen molar-refractivity contribution in [3.63, 3.8) is 0 Å². The summed E-state index contributed by atoms with van der Waals surface area (Å²) in [5.74, 6) is 0.274. The van der Waals surface area contributed by atoms with E-state index in [1.807, 2.05) is 24.3 Å². The van der Waals surface area contributed by atoms with Crippen molar-refractivity contribution in [3.05, 3.63) is 53.4 Å². The molecule has 0 fully saturated rings. The average molecular weight is 247 g/mol.